The third-order valence-corrected chi connectivity index (χ3v) is 6.29. The van der Waals surface area contributed by atoms with Crippen LogP contribution in [0.3, 0.4) is 0 Å². The second-order valence-electron chi connectivity index (χ2n) is 4.43. The van der Waals surface area contributed by atoms with Crippen molar-refractivity contribution in [2.24, 2.45) is 0 Å². The van der Waals surface area contributed by atoms with Crippen molar-refractivity contribution in [3.8, 4) is 0 Å². The van der Waals surface area contributed by atoms with Gasteiger partial charge in [-0.2, -0.15) is 0 Å². The van der Waals surface area contributed by atoms with Crippen molar-refractivity contribution >= 4 is 43.2 Å². The van der Waals surface area contributed by atoms with Gasteiger partial charge in [0.05, 0.1) is 14.9 Å². The first kappa shape index (κ1) is 17.6. The van der Waals surface area contributed by atoms with Gasteiger partial charge in [-0.15, -0.1) is 11.3 Å². The Kier molecular flexibility index (Phi) is 6.63. The highest BCUT2D eigenvalue weighted by molar-refractivity contribution is 9.11. The molecule has 0 aliphatic rings. The van der Waals surface area contributed by atoms with Gasteiger partial charge in [-0.3, -0.25) is 4.79 Å². The molecule has 1 N–H and O–H groups in total. The monoisotopic (exact) mass is 382 g/mol. The third-order valence-electron chi connectivity index (χ3n) is 2.77. The molecule has 1 heterocycles. The number of sulfonamides is 1. The summed E-state index contributed by atoms with van der Waals surface area (Å²) in [6.45, 7) is 5.06. The SMILES string of the molecule is CCN(CCCNC(=O)c1cc(C)c(Br)s1)S(C)(=O)=O. The Morgan fingerprint density at radius 2 is 2.15 bits per heavy atom. The summed E-state index contributed by atoms with van der Waals surface area (Å²) in [6.07, 6.45) is 1.79. The summed E-state index contributed by atoms with van der Waals surface area (Å²) >= 11 is 4.78. The molecule has 0 aromatic carbocycles. The fraction of sp³-hybridized carbons (Fsp3) is 0.583. The molecule has 8 heteroatoms. The topological polar surface area (TPSA) is 66.5 Å². The second kappa shape index (κ2) is 7.53. The van der Waals surface area contributed by atoms with Gasteiger partial charge in [-0.05, 0) is 40.9 Å². The number of hydrogen-bond acceptors (Lipinski definition) is 4. The summed E-state index contributed by atoms with van der Waals surface area (Å²) in [6, 6.07) is 1.83. The fourth-order valence-corrected chi connectivity index (χ4v) is 4.06. The summed E-state index contributed by atoms with van der Waals surface area (Å²) in [7, 11) is -3.15. The molecule has 0 saturated carbocycles. The Morgan fingerprint density at radius 1 is 1.50 bits per heavy atom. The second-order valence-corrected chi connectivity index (χ2v) is 8.78. The van der Waals surface area contributed by atoms with Crippen LogP contribution in [0.4, 0.5) is 0 Å². The highest BCUT2D eigenvalue weighted by Gasteiger charge is 2.14. The standard InChI is InChI=1S/C12H19BrN2O3S2/c1-4-15(20(3,17)18)7-5-6-14-12(16)10-8-9(2)11(13)19-10/h8H,4-7H2,1-3H3,(H,14,16). The molecule has 1 aromatic heterocycles. The predicted octanol–water partition coefficient (Wildman–Crippen LogP) is 2.22. The maximum Gasteiger partial charge on any atom is 0.261 e. The first-order valence-corrected chi connectivity index (χ1v) is 9.70. The minimum atomic E-state index is -3.15. The van der Waals surface area contributed by atoms with Crippen LogP contribution in [0.2, 0.25) is 0 Å². The van der Waals surface area contributed by atoms with E-state index in [1.165, 1.54) is 21.9 Å². The van der Waals surface area contributed by atoms with E-state index in [9.17, 15) is 13.2 Å². The molecule has 0 saturated heterocycles. The lowest BCUT2D eigenvalue weighted by Crippen LogP contribution is -2.33. The maximum atomic E-state index is 11.9. The van der Waals surface area contributed by atoms with Gasteiger partial charge in [0.2, 0.25) is 10.0 Å². The number of amides is 1. The Balaban J connectivity index is 2.39. The molecular formula is C12H19BrN2O3S2. The van der Waals surface area contributed by atoms with E-state index in [0.717, 1.165) is 9.35 Å². The van der Waals surface area contributed by atoms with E-state index in [4.69, 9.17) is 0 Å². The zero-order valence-corrected chi connectivity index (χ0v) is 15.0. The summed E-state index contributed by atoms with van der Waals surface area (Å²) < 4.78 is 25.1. The van der Waals surface area contributed by atoms with Crippen molar-refractivity contribution in [1.82, 2.24) is 9.62 Å². The smallest absolute Gasteiger partial charge is 0.261 e. The van der Waals surface area contributed by atoms with Crippen LogP contribution in [-0.4, -0.2) is 44.5 Å². The number of hydrogen-bond donors (Lipinski definition) is 1. The van der Waals surface area contributed by atoms with Gasteiger partial charge in [0.15, 0.2) is 0 Å². The Bertz CT molecular complexity index is 550. The quantitative estimate of drug-likeness (QED) is 0.735. The van der Waals surface area contributed by atoms with Gasteiger partial charge in [0.1, 0.15) is 0 Å². The van der Waals surface area contributed by atoms with Gasteiger partial charge in [-0.25, -0.2) is 12.7 Å². The number of carbonyl (C=O) groups excluding carboxylic acids is 1. The van der Waals surface area contributed by atoms with Crippen LogP contribution in [0, 0.1) is 6.92 Å². The van der Waals surface area contributed by atoms with Crippen LogP contribution in [0.15, 0.2) is 9.85 Å². The van der Waals surface area contributed by atoms with Crippen molar-refractivity contribution in [2.45, 2.75) is 20.3 Å². The molecule has 1 aromatic rings. The Hall–Kier alpha value is -0.440. The predicted molar refractivity (Wildman–Crippen MR) is 85.8 cm³/mol. The zero-order chi connectivity index (χ0) is 15.3. The van der Waals surface area contributed by atoms with Gasteiger partial charge < -0.3 is 5.32 Å². The average molecular weight is 383 g/mol. The molecule has 0 fully saturated rings. The van der Waals surface area contributed by atoms with E-state index >= 15 is 0 Å². The molecule has 0 aliphatic carbocycles. The largest absolute Gasteiger partial charge is 0.351 e. The average Bonchev–Trinajstić information content (AvgIpc) is 2.68. The highest BCUT2D eigenvalue weighted by Crippen LogP contribution is 2.27. The van der Waals surface area contributed by atoms with E-state index in [1.807, 2.05) is 13.0 Å². The van der Waals surface area contributed by atoms with Crippen molar-refractivity contribution in [1.29, 1.82) is 0 Å². The lowest BCUT2D eigenvalue weighted by atomic mass is 10.3. The molecule has 1 rings (SSSR count). The summed E-state index contributed by atoms with van der Waals surface area (Å²) in [5.74, 6) is -0.119. The van der Waals surface area contributed by atoms with Crippen LogP contribution in [0.1, 0.15) is 28.6 Å². The molecule has 0 aliphatic heterocycles. The molecule has 0 radical (unpaired) electrons. The molecule has 0 spiro atoms. The number of halogens is 1. The van der Waals surface area contributed by atoms with Crippen LogP contribution in [0.25, 0.3) is 0 Å². The van der Waals surface area contributed by atoms with Crippen molar-refractivity contribution in [2.75, 3.05) is 25.9 Å². The lowest BCUT2D eigenvalue weighted by Gasteiger charge is -2.17. The minimum absolute atomic E-state index is 0.119. The Labute approximate surface area is 132 Å². The highest BCUT2D eigenvalue weighted by atomic mass is 79.9. The molecule has 0 atom stereocenters. The van der Waals surface area contributed by atoms with Crippen molar-refractivity contribution in [3.63, 3.8) is 0 Å². The molecule has 0 unspecified atom stereocenters. The molecule has 114 valence electrons. The first-order valence-electron chi connectivity index (χ1n) is 6.25. The lowest BCUT2D eigenvalue weighted by molar-refractivity contribution is 0.0957. The number of nitrogens with one attached hydrogen (secondary N) is 1. The zero-order valence-electron chi connectivity index (χ0n) is 11.8. The fourth-order valence-electron chi connectivity index (χ4n) is 1.67. The molecule has 5 nitrogen and oxygen atoms in total. The van der Waals surface area contributed by atoms with Gasteiger partial charge in [0, 0.05) is 19.6 Å². The van der Waals surface area contributed by atoms with Gasteiger partial charge in [-0.1, -0.05) is 6.92 Å². The first-order chi connectivity index (χ1) is 9.25. The van der Waals surface area contributed by atoms with Crippen LogP contribution in [0.5, 0.6) is 0 Å². The number of thiophene rings is 1. The summed E-state index contributed by atoms with van der Waals surface area (Å²) in [5.41, 5.74) is 1.04. The maximum absolute atomic E-state index is 11.9. The summed E-state index contributed by atoms with van der Waals surface area (Å²) in [4.78, 5) is 12.5. The van der Waals surface area contributed by atoms with Crippen LogP contribution >= 0.6 is 27.3 Å². The number of aryl methyl sites for hydroxylation is 1. The summed E-state index contributed by atoms with van der Waals surface area (Å²) in [5, 5.41) is 2.80. The van der Waals surface area contributed by atoms with Crippen molar-refractivity contribution in [3.05, 3.63) is 20.3 Å². The van der Waals surface area contributed by atoms with E-state index in [0.29, 0.717) is 30.9 Å². The molecule has 0 bridgehead atoms. The number of rotatable bonds is 7. The van der Waals surface area contributed by atoms with Crippen LogP contribution in [-0.2, 0) is 10.0 Å². The van der Waals surface area contributed by atoms with E-state index in [2.05, 4.69) is 21.2 Å². The van der Waals surface area contributed by atoms with Gasteiger partial charge in [0.25, 0.3) is 5.91 Å². The minimum Gasteiger partial charge on any atom is -0.351 e. The van der Waals surface area contributed by atoms with Gasteiger partial charge >= 0.3 is 0 Å². The van der Waals surface area contributed by atoms with Crippen molar-refractivity contribution < 1.29 is 13.2 Å². The number of carbonyl (C=O) groups is 1. The molecule has 20 heavy (non-hydrogen) atoms. The Morgan fingerprint density at radius 3 is 2.60 bits per heavy atom. The molecule has 1 amide bonds. The number of nitrogens with zero attached hydrogens (tertiary/aromatic N) is 1. The normalized spacial score (nSPS) is 11.8. The van der Waals surface area contributed by atoms with E-state index in [-0.39, 0.29) is 5.91 Å². The molecular weight excluding hydrogens is 364 g/mol. The van der Waals surface area contributed by atoms with E-state index < -0.39 is 10.0 Å². The third kappa shape index (κ3) is 5.16. The van der Waals surface area contributed by atoms with E-state index in [1.54, 1.807) is 6.92 Å². The van der Waals surface area contributed by atoms with Crippen LogP contribution < -0.4 is 5.32 Å².